The van der Waals surface area contributed by atoms with Crippen molar-refractivity contribution in [1.82, 2.24) is 4.90 Å². The van der Waals surface area contributed by atoms with E-state index < -0.39 is 41.1 Å². The molecule has 1 aromatic carbocycles. The van der Waals surface area contributed by atoms with Crippen LogP contribution in [0.25, 0.3) is 0 Å². The number of aliphatic hydroxyl groups is 1. The Morgan fingerprint density at radius 2 is 2.00 bits per heavy atom. The smallest absolute Gasteiger partial charge is 0.313 e. The van der Waals surface area contributed by atoms with Crippen LogP contribution < -0.4 is 4.90 Å². The van der Waals surface area contributed by atoms with Gasteiger partial charge in [-0.15, -0.1) is 6.58 Å². The highest BCUT2D eigenvalue weighted by molar-refractivity contribution is 6.30. The maximum Gasteiger partial charge on any atom is 0.313 e. The molecule has 3 fully saturated rings. The zero-order valence-electron chi connectivity index (χ0n) is 20.9. The number of anilines is 1. The summed E-state index contributed by atoms with van der Waals surface area (Å²) in [5.41, 5.74) is -1.63. The Balaban J connectivity index is 1.84. The molecule has 1 N–H and O–H groups in total. The van der Waals surface area contributed by atoms with E-state index in [2.05, 4.69) is 13.2 Å². The summed E-state index contributed by atoms with van der Waals surface area (Å²) < 4.78 is 12.0. The number of carbonyl (C=O) groups is 3. The predicted octanol–water partition coefficient (Wildman–Crippen LogP) is 2.98. The van der Waals surface area contributed by atoms with E-state index in [1.54, 1.807) is 37.3 Å². The molecule has 1 spiro atoms. The molecule has 3 aliphatic rings. The molecular formula is C27H33ClN2O6. The van der Waals surface area contributed by atoms with E-state index in [-0.39, 0.29) is 37.5 Å². The fraction of sp³-hybridized carbons (Fsp3) is 0.519. The molecule has 0 radical (unpaired) electrons. The number of benzene rings is 1. The number of amides is 2. The molecule has 0 aliphatic carbocycles. The van der Waals surface area contributed by atoms with Gasteiger partial charge in [0.1, 0.15) is 24.2 Å². The van der Waals surface area contributed by atoms with E-state index in [0.29, 0.717) is 17.1 Å². The van der Waals surface area contributed by atoms with Crippen LogP contribution in [0.5, 0.6) is 0 Å². The number of aliphatic hydroxyl groups excluding tert-OH is 1. The molecule has 3 unspecified atom stereocenters. The summed E-state index contributed by atoms with van der Waals surface area (Å²) in [5, 5.41) is 10.6. The van der Waals surface area contributed by atoms with E-state index in [1.807, 2.05) is 13.8 Å². The number of hydrogen-bond acceptors (Lipinski definition) is 6. The maximum absolute atomic E-state index is 14.3. The van der Waals surface area contributed by atoms with Gasteiger partial charge in [-0.2, -0.15) is 0 Å². The highest BCUT2D eigenvalue weighted by atomic mass is 35.5. The summed E-state index contributed by atoms with van der Waals surface area (Å²) in [6, 6.07) is 5.10. The number of rotatable bonds is 9. The summed E-state index contributed by atoms with van der Waals surface area (Å²) in [4.78, 5) is 44.5. The van der Waals surface area contributed by atoms with Crippen molar-refractivity contribution in [3.63, 3.8) is 0 Å². The summed E-state index contributed by atoms with van der Waals surface area (Å²) in [6.07, 6.45) is 3.49. The van der Waals surface area contributed by atoms with Crippen molar-refractivity contribution in [2.45, 2.75) is 50.5 Å². The SMILES string of the molecule is C=CCOC(=O)[C@@H]1[C@H]2C(=O)N([C@H](C)CO)C(C(=O)N(CC=C)c3ccc(Cl)cc3)C23CC(C)[C@@]1(C)O3. The van der Waals surface area contributed by atoms with E-state index in [9.17, 15) is 19.5 Å². The minimum atomic E-state index is -1.24. The highest BCUT2D eigenvalue weighted by Crippen LogP contribution is 2.65. The fourth-order valence-electron chi connectivity index (χ4n) is 6.33. The van der Waals surface area contributed by atoms with Gasteiger partial charge in [0.2, 0.25) is 5.91 Å². The average molecular weight is 517 g/mol. The van der Waals surface area contributed by atoms with Gasteiger partial charge in [0.05, 0.1) is 24.2 Å². The van der Waals surface area contributed by atoms with E-state index >= 15 is 0 Å². The van der Waals surface area contributed by atoms with Crippen LogP contribution in [-0.2, 0) is 23.9 Å². The molecule has 9 heteroatoms. The van der Waals surface area contributed by atoms with Gasteiger partial charge in [-0.1, -0.05) is 37.3 Å². The predicted molar refractivity (Wildman–Crippen MR) is 135 cm³/mol. The Kier molecular flexibility index (Phi) is 7.07. The Hall–Kier alpha value is -2.68. The van der Waals surface area contributed by atoms with Gasteiger partial charge in [-0.3, -0.25) is 14.4 Å². The van der Waals surface area contributed by atoms with Crippen LogP contribution in [-0.4, -0.2) is 70.8 Å². The van der Waals surface area contributed by atoms with Crippen molar-refractivity contribution in [1.29, 1.82) is 0 Å². The summed E-state index contributed by atoms with van der Waals surface area (Å²) >= 11 is 6.06. The van der Waals surface area contributed by atoms with Crippen molar-refractivity contribution in [2.24, 2.45) is 17.8 Å². The monoisotopic (exact) mass is 516 g/mol. The van der Waals surface area contributed by atoms with Crippen LogP contribution in [0.2, 0.25) is 5.02 Å². The van der Waals surface area contributed by atoms with Gasteiger partial charge in [-0.25, -0.2) is 0 Å². The average Bonchev–Trinajstić information content (AvgIpc) is 3.37. The first-order valence-electron chi connectivity index (χ1n) is 12.2. The van der Waals surface area contributed by atoms with E-state index in [4.69, 9.17) is 21.1 Å². The van der Waals surface area contributed by atoms with Gasteiger partial charge in [0, 0.05) is 17.3 Å². The molecule has 7 atom stereocenters. The van der Waals surface area contributed by atoms with Crippen LogP contribution in [0.4, 0.5) is 5.69 Å². The molecule has 3 saturated heterocycles. The summed E-state index contributed by atoms with van der Waals surface area (Å²) in [7, 11) is 0. The summed E-state index contributed by atoms with van der Waals surface area (Å²) in [6.45, 7) is 12.7. The third-order valence-corrected chi connectivity index (χ3v) is 8.29. The van der Waals surface area contributed by atoms with Crippen molar-refractivity contribution in [3.8, 4) is 0 Å². The third kappa shape index (κ3) is 3.78. The first-order valence-corrected chi connectivity index (χ1v) is 12.5. The van der Waals surface area contributed by atoms with Crippen LogP contribution in [0.1, 0.15) is 27.2 Å². The number of ether oxygens (including phenoxy) is 2. The van der Waals surface area contributed by atoms with Crippen molar-refractivity contribution >= 4 is 35.1 Å². The molecule has 4 rings (SSSR count). The molecule has 3 heterocycles. The zero-order chi connectivity index (χ0) is 26.4. The number of fused-ring (bicyclic) bond motifs is 1. The lowest BCUT2D eigenvalue weighted by Crippen LogP contribution is -2.58. The molecule has 36 heavy (non-hydrogen) atoms. The van der Waals surface area contributed by atoms with E-state index in [1.165, 1.54) is 15.9 Å². The largest absolute Gasteiger partial charge is 0.461 e. The van der Waals surface area contributed by atoms with Crippen LogP contribution in [0.15, 0.2) is 49.6 Å². The molecule has 0 saturated carbocycles. The third-order valence-electron chi connectivity index (χ3n) is 8.04. The van der Waals surface area contributed by atoms with Crippen molar-refractivity contribution in [3.05, 3.63) is 54.6 Å². The number of nitrogens with zero attached hydrogens (tertiary/aromatic N) is 2. The molecule has 0 aromatic heterocycles. The second-order valence-electron chi connectivity index (χ2n) is 10.1. The topological polar surface area (TPSA) is 96.4 Å². The van der Waals surface area contributed by atoms with E-state index in [0.717, 1.165) is 0 Å². The van der Waals surface area contributed by atoms with Crippen molar-refractivity contribution < 1.29 is 29.0 Å². The quantitative estimate of drug-likeness (QED) is 0.400. The minimum Gasteiger partial charge on any atom is -0.461 e. The number of esters is 1. The van der Waals surface area contributed by atoms with Gasteiger partial charge in [0.25, 0.3) is 5.91 Å². The zero-order valence-corrected chi connectivity index (χ0v) is 21.6. The molecule has 1 aromatic rings. The van der Waals surface area contributed by atoms with Crippen molar-refractivity contribution in [2.75, 3.05) is 24.7 Å². The first-order chi connectivity index (χ1) is 17.1. The molecule has 2 amide bonds. The van der Waals surface area contributed by atoms with Crippen LogP contribution in [0.3, 0.4) is 0 Å². The second-order valence-corrected chi connectivity index (χ2v) is 10.6. The van der Waals surface area contributed by atoms with Gasteiger partial charge in [0.15, 0.2) is 0 Å². The number of halogens is 1. The number of carbonyl (C=O) groups excluding carboxylic acids is 3. The van der Waals surface area contributed by atoms with Gasteiger partial charge >= 0.3 is 5.97 Å². The molecule has 3 aliphatic heterocycles. The minimum absolute atomic E-state index is 0.0104. The number of likely N-dealkylation sites (tertiary alicyclic amines) is 1. The first kappa shape index (κ1) is 26.4. The lowest BCUT2D eigenvalue weighted by molar-refractivity contribution is -0.161. The fourth-order valence-corrected chi connectivity index (χ4v) is 6.45. The van der Waals surface area contributed by atoms with Crippen LogP contribution in [0, 0.1) is 17.8 Å². The number of hydrogen-bond donors (Lipinski definition) is 1. The Labute approximate surface area is 216 Å². The van der Waals surface area contributed by atoms with Gasteiger partial charge < -0.3 is 24.4 Å². The van der Waals surface area contributed by atoms with Crippen LogP contribution >= 0.6 is 11.6 Å². The lowest BCUT2D eigenvalue weighted by atomic mass is 9.62. The molecule has 194 valence electrons. The lowest BCUT2D eigenvalue weighted by Gasteiger charge is -2.38. The second kappa shape index (κ2) is 9.65. The Bertz CT molecular complexity index is 1080. The molecule has 2 bridgehead atoms. The molecular weight excluding hydrogens is 484 g/mol. The standard InChI is InChI=1S/C27H33ClN2O6/c1-6-12-29(19-10-8-18(28)9-11-19)24(33)22-27-14-16(3)26(5,36-27)21(25(34)35-13-7-2)20(27)23(32)30(22)17(4)15-31/h6-11,16-17,20-22,31H,1-2,12-15H2,3-5H3/t16?,17-,20+,21+,22?,26-,27?/m1/s1. The highest BCUT2D eigenvalue weighted by Gasteiger charge is 2.80. The summed E-state index contributed by atoms with van der Waals surface area (Å²) in [5.74, 6) is -3.22. The molecule has 8 nitrogen and oxygen atoms in total. The maximum atomic E-state index is 14.3. The Morgan fingerprint density at radius 3 is 2.58 bits per heavy atom. The van der Waals surface area contributed by atoms with Gasteiger partial charge in [-0.05, 0) is 50.5 Å². The normalized spacial score (nSPS) is 33.2. The Morgan fingerprint density at radius 1 is 1.33 bits per heavy atom.